The number of aromatic nitrogens is 2. The molecule has 1 aromatic heterocycles. The van der Waals surface area contributed by atoms with E-state index < -0.39 is 5.56 Å². The average molecular weight is 379 g/mol. The van der Waals surface area contributed by atoms with Crippen LogP contribution < -0.4 is 20.5 Å². The van der Waals surface area contributed by atoms with Crippen molar-refractivity contribution in [2.24, 2.45) is 5.10 Å². The van der Waals surface area contributed by atoms with Gasteiger partial charge in [-0.3, -0.25) is 10.2 Å². The second kappa shape index (κ2) is 9.82. The lowest BCUT2D eigenvalue weighted by Gasteiger charge is -2.13. The van der Waals surface area contributed by atoms with E-state index in [-0.39, 0.29) is 5.02 Å². The van der Waals surface area contributed by atoms with Crippen LogP contribution in [0.25, 0.3) is 0 Å². The molecule has 0 aliphatic heterocycles. The number of hydrazone groups is 1. The van der Waals surface area contributed by atoms with Crippen molar-refractivity contribution >= 4 is 23.0 Å². The third-order valence-electron chi connectivity index (χ3n) is 3.42. The van der Waals surface area contributed by atoms with E-state index in [0.717, 1.165) is 18.4 Å². The minimum Gasteiger partial charge on any atom is -0.490 e. The van der Waals surface area contributed by atoms with E-state index in [1.807, 2.05) is 32.0 Å². The number of hydrogen-bond acceptors (Lipinski definition) is 6. The summed E-state index contributed by atoms with van der Waals surface area (Å²) in [5.74, 6) is 1.40. The fraction of sp³-hybridized carbons (Fsp3) is 0.389. The summed E-state index contributed by atoms with van der Waals surface area (Å²) in [4.78, 5) is 11.5. The smallest absolute Gasteiger partial charge is 0.285 e. The highest BCUT2D eigenvalue weighted by Crippen LogP contribution is 2.29. The number of nitrogens with one attached hydrogen (secondary N) is 2. The van der Waals surface area contributed by atoms with Crippen molar-refractivity contribution < 1.29 is 9.47 Å². The lowest BCUT2D eigenvalue weighted by molar-refractivity contribution is 0.268. The number of H-pyrrole nitrogens is 1. The predicted octanol–water partition coefficient (Wildman–Crippen LogP) is 3.84. The van der Waals surface area contributed by atoms with Crippen LogP contribution in [0.15, 0.2) is 34.3 Å². The number of ether oxygens (including phenoxy) is 2. The Morgan fingerprint density at radius 1 is 1.23 bits per heavy atom. The Hall–Kier alpha value is -2.54. The van der Waals surface area contributed by atoms with E-state index >= 15 is 0 Å². The summed E-state index contributed by atoms with van der Waals surface area (Å²) in [7, 11) is 0. The first-order chi connectivity index (χ1) is 12.6. The molecule has 0 radical (unpaired) electrons. The predicted molar refractivity (Wildman–Crippen MR) is 104 cm³/mol. The first kappa shape index (κ1) is 19.8. The van der Waals surface area contributed by atoms with E-state index in [2.05, 4.69) is 27.6 Å². The van der Waals surface area contributed by atoms with Crippen LogP contribution in [0, 0.1) is 0 Å². The van der Waals surface area contributed by atoms with E-state index in [1.54, 1.807) is 0 Å². The topological polar surface area (TPSA) is 88.6 Å². The summed E-state index contributed by atoms with van der Waals surface area (Å²) in [6, 6.07) is 5.66. The van der Waals surface area contributed by atoms with Gasteiger partial charge in [-0.1, -0.05) is 25.4 Å². The third kappa shape index (κ3) is 5.23. The Morgan fingerprint density at radius 3 is 2.62 bits per heavy atom. The number of rotatable bonds is 9. The van der Waals surface area contributed by atoms with Crippen molar-refractivity contribution in [3.63, 3.8) is 0 Å². The van der Waals surface area contributed by atoms with E-state index in [1.165, 1.54) is 6.20 Å². The second-order valence-corrected chi connectivity index (χ2v) is 5.97. The Kier molecular flexibility index (Phi) is 7.47. The molecule has 2 N–H and O–H groups in total. The van der Waals surface area contributed by atoms with Crippen molar-refractivity contribution in [3.8, 4) is 11.5 Å². The Balaban J connectivity index is 2.22. The highest BCUT2D eigenvalue weighted by Gasteiger charge is 2.09. The molecule has 0 amide bonds. The Morgan fingerprint density at radius 2 is 1.92 bits per heavy atom. The fourth-order valence-electron chi connectivity index (χ4n) is 2.06. The van der Waals surface area contributed by atoms with Crippen LogP contribution in [0.5, 0.6) is 11.5 Å². The van der Waals surface area contributed by atoms with Gasteiger partial charge in [0.1, 0.15) is 10.7 Å². The lowest BCUT2D eigenvalue weighted by atomic mass is 10.1. The lowest BCUT2D eigenvalue weighted by Crippen LogP contribution is -2.10. The number of hydrogen-bond donors (Lipinski definition) is 2. The van der Waals surface area contributed by atoms with Crippen LogP contribution in [0.2, 0.25) is 5.02 Å². The maximum atomic E-state index is 11.5. The van der Waals surface area contributed by atoms with Crippen molar-refractivity contribution in [3.05, 3.63) is 45.3 Å². The van der Waals surface area contributed by atoms with Gasteiger partial charge in [0.2, 0.25) is 0 Å². The highest BCUT2D eigenvalue weighted by atomic mass is 35.5. The maximum absolute atomic E-state index is 11.5. The van der Waals surface area contributed by atoms with Gasteiger partial charge in [0.25, 0.3) is 5.56 Å². The summed E-state index contributed by atoms with van der Waals surface area (Å²) in [6.07, 6.45) is 3.22. The maximum Gasteiger partial charge on any atom is 0.285 e. The normalized spacial score (nSPS) is 11.3. The van der Waals surface area contributed by atoms with Gasteiger partial charge in [-0.2, -0.15) is 10.2 Å². The van der Waals surface area contributed by atoms with E-state index in [4.69, 9.17) is 21.1 Å². The number of halogens is 1. The SMILES string of the molecule is CCCOc1ccc(/C(C)=N\Nc2cn[nH]c(=O)c2Cl)cc1OCCC. The monoisotopic (exact) mass is 378 g/mol. The van der Waals surface area contributed by atoms with Crippen LogP contribution in [0.3, 0.4) is 0 Å². The summed E-state index contributed by atoms with van der Waals surface area (Å²) in [5.41, 5.74) is 4.18. The molecule has 0 saturated heterocycles. The molecule has 0 aliphatic rings. The number of aromatic amines is 1. The van der Waals surface area contributed by atoms with Gasteiger partial charge < -0.3 is 9.47 Å². The van der Waals surface area contributed by atoms with Crippen LogP contribution in [0.1, 0.15) is 39.2 Å². The fourth-order valence-corrected chi connectivity index (χ4v) is 2.19. The number of anilines is 1. The minimum absolute atomic E-state index is 0.00633. The molecule has 0 aliphatic carbocycles. The van der Waals surface area contributed by atoms with Crippen molar-refractivity contribution in [1.29, 1.82) is 0 Å². The summed E-state index contributed by atoms with van der Waals surface area (Å²) in [6.45, 7) is 7.18. The van der Waals surface area contributed by atoms with E-state index in [9.17, 15) is 4.79 Å². The van der Waals surface area contributed by atoms with Gasteiger partial charge in [0.15, 0.2) is 11.5 Å². The minimum atomic E-state index is -0.475. The van der Waals surface area contributed by atoms with Crippen LogP contribution in [-0.4, -0.2) is 29.1 Å². The summed E-state index contributed by atoms with van der Waals surface area (Å²) < 4.78 is 11.5. The molecule has 26 heavy (non-hydrogen) atoms. The molecule has 0 saturated carbocycles. The average Bonchev–Trinajstić information content (AvgIpc) is 2.65. The largest absolute Gasteiger partial charge is 0.490 e. The Bertz CT molecular complexity index is 820. The zero-order valence-electron chi connectivity index (χ0n) is 15.1. The van der Waals surface area contributed by atoms with Crippen LogP contribution in [0.4, 0.5) is 5.69 Å². The van der Waals surface area contributed by atoms with Gasteiger partial charge in [0, 0.05) is 5.56 Å². The molecule has 0 spiro atoms. The molecule has 7 nitrogen and oxygen atoms in total. The third-order valence-corrected chi connectivity index (χ3v) is 3.80. The van der Waals surface area contributed by atoms with Crippen molar-refractivity contribution in [2.75, 3.05) is 18.6 Å². The Labute approximate surface area is 157 Å². The molecule has 8 heteroatoms. The quantitative estimate of drug-likeness (QED) is 0.511. The molecule has 0 fully saturated rings. The molecule has 1 aromatic carbocycles. The highest BCUT2D eigenvalue weighted by molar-refractivity contribution is 6.32. The molecule has 2 rings (SSSR count). The summed E-state index contributed by atoms with van der Waals surface area (Å²) >= 11 is 5.92. The standard InChI is InChI=1S/C18H23ClN4O3/c1-4-8-25-15-7-6-13(10-16(15)26-9-5-2)12(3)21-22-14-11-20-23-18(24)17(14)19/h6-7,10-11H,4-5,8-9H2,1-3H3,(H2,22,23,24)/b21-12-. The molecule has 140 valence electrons. The summed E-state index contributed by atoms with van der Waals surface area (Å²) in [5, 5.41) is 10.2. The molecule has 0 atom stereocenters. The number of nitrogens with zero attached hydrogens (tertiary/aromatic N) is 2. The molecule has 0 unspecified atom stereocenters. The van der Waals surface area contributed by atoms with Gasteiger partial charge in [0.05, 0.1) is 25.1 Å². The zero-order valence-corrected chi connectivity index (χ0v) is 15.9. The van der Waals surface area contributed by atoms with Crippen molar-refractivity contribution in [2.45, 2.75) is 33.6 Å². The van der Waals surface area contributed by atoms with Gasteiger partial charge >= 0.3 is 0 Å². The molecular formula is C18H23ClN4O3. The van der Waals surface area contributed by atoms with Crippen LogP contribution >= 0.6 is 11.6 Å². The molecule has 0 bridgehead atoms. The van der Waals surface area contributed by atoms with Crippen molar-refractivity contribution in [1.82, 2.24) is 10.2 Å². The number of benzene rings is 1. The second-order valence-electron chi connectivity index (χ2n) is 5.59. The van der Waals surface area contributed by atoms with Gasteiger partial charge in [-0.25, -0.2) is 5.10 Å². The van der Waals surface area contributed by atoms with Crippen LogP contribution in [-0.2, 0) is 0 Å². The molecular weight excluding hydrogens is 356 g/mol. The molecule has 2 aromatic rings. The van der Waals surface area contributed by atoms with Gasteiger partial charge in [-0.05, 0) is 38.0 Å². The zero-order chi connectivity index (χ0) is 18.9. The van der Waals surface area contributed by atoms with E-state index in [0.29, 0.717) is 36.1 Å². The first-order valence-electron chi connectivity index (χ1n) is 8.50. The van der Waals surface area contributed by atoms with Gasteiger partial charge in [-0.15, -0.1) is 0 Å². The first-order valence-corrected chi connectivity index (χ1v) is 8.88. The molecule has 1 heterocycles.